The Morgan fingerprint density at radius 2 is 1.48 bits per heavy atom. The van der Waals surface area contributed by atoms with E-state index in [9.17, 15) is 19.7 Å². The number of hydrazine groups is 1. The average molecular weight is 373 g/mol. The van der Waals surface area contributed by atoms with Crippen molar-refractivity contribution in [3.8, 4) is 11.5 Å². The maximum Gasteiger partial charge on any atom is 0.311 e. The van der Waals surface area contributed by atoms with E-state index >= 15 is 0 Å². The lowest BCUT2D eigenvalue weighted by Crippen LogP contribution is -2.41. The zero-order valence-corrected chi connectivity index (χ0v) is 14.9. The lowest BCUT2D eigenvalue weighted by atomic mass is 10.2. The van der Waals surface area contributed by atoms with Gasteiger partial charge in [-0.3, -0.25) is 30.6 Å². The van der Waals surface area contributed by atoms with Crippen molar-refractivity contribution in [2.45, 2.75) is 13.8 Å². The van der Waals surface area contributed by atoms with Gasteiger partial charge in [0, 0.05) is 17.2 Å². The van der Waals surface area contributed by atoms with Gasteiger partial charge >= 0.3 is 5.69 Å². The molecule has 27 heavy (non-hydrogen) atoms. The molecule has 0 radical (unpaired) electrons. The van der Waals surface area contributed by atoms with Gasteiger partial charge in [-0.05, 0) is 50.2 Å². The number of carbonyl (C=O) groups excluding carboxylic acids is 2. The van der Waals surface area contributed by atoms with Crippen molar-refractivity contribution in [1.29, 1.82) is 0 Å². The molecule has 0 aliphatic rings. The number of nitro benzene ring substituents is 1. The fourth-order valence-corrected chi connectivity index (χ4v) is 2.21. The molecule has 0 bridgehead atoms. The summed E-state index contributed by atoms with van der Waals surface area (Å²) in [6, 6.07) is 10.2. The van der Waals surface area contributed by atoms with E-state index in [4.69, 9.17) is 9.47 Å². The predicted molar refractivity (Wildman–Crippen MR) is 96.8 cm³/mol. The van der Waals surface area contributed by atoms with E-state index in [1.54, 1.807) is 31.2 Å². The highest BCUT2D eigenvalue weighted by Gasteiger charge is 2.19. The van der Waals surface area contributed by atoms with Gasteiger partial charge < -0.3 is 9.47 Å². The smallest absolute Gasteiger partial charge is 0.311 e. The van der Waals surface area contributed by atoms with Gasteiger partial charge in [0.2, 0.25) is 0 Å². The molecule has 2 amide bonds. The van der Waals surface area contributed by atoms with Crippen LogP contribution in [-0.2, 0) is 0 Å². The molecule has 0 saturated heterocycles. The van der Waals surface area contributed by atoms with E-state index in [2.05, 4.69) is 10.9 Å². The zero-order chi connectivity index (χ0) is 19.8. The summed E-state index contributed by atoms with van der Waals surface area (Å²) in [4.78, 5) is 34.7. The Kier molecular flexibility index (Phi) is 6.70. The molecule has 0 spiro atoms. The van der Waals surface area contributed by atoms with Crippen molar-refractivity contribution in [3.63, 3.8) is 0 Å². The van der Waals surface area contributed by atoms with Gasteiger partial charge in [-0.2, -0.15) is 0 Å². The third-order valence-corrected chi connectivity index (χ3v) is 3.43. The molecule has 2 aromatic rings. The van der Waals surface area contributed by atoms with Crippen molar-refractivity contribution in [3.05, 3.63) is 63.7 Å². The zero-order valence-electron chi connectivity index (χ0n) is 14.9. The Morgan fingerprint density at radius 3 is 2.04 bits per heavy atom. The standard InChI is InChI=1S/C18H19N3O6/c1-3-26-14-8-5-12(6-9-14)17(22)19-20-18(23)13-7-10-16(27-4-2)15(11-13)21(24)25/h5-11H,3-4H2,1-2H3,(H,19,22)(H,20,23). The number of amides is 2. The molecule has 0 fully saturated rings. The van der Waals surface area contributed by atoms with Crippen molar-refractivity contribution < 1.29 is 24.0 Å². The molecule has 0 saturated carbocycles. The lowest BCUT2D eigenvalue weighted by Gasteiger charge is -2.09. The minimum absolute atomic E-state index is 0.0112. The first-order chi connectivity index (χ1) is 13.0. The molecule has 0 atom stereocenters. The number of nitrogens with zero attached hydrogens (tertiary/aromatic N) is 1. The van der Waals surface area contributed by atoms with Crippen molar-refractivity contribution >= 4 is 17.5 Å². The van der Waals surface area contributed by atoms with Crippen LogP contribution in [0.3, 0.4) is 0 Å². The molecular weight excluding hydrogens is 354 g/mol. The SMILES string of the molecule is CCOc1ccc(C(=O)NNC(=O)c2ccc(OCC)c([N+](=O)[O-])c2)cc1. The van der Waals surface area contributed by atoms with Crippen LogP contribution in [0.1, 0.15) is 34.6 Å². The van der Waals surface area contributed by atoms with E-state index < -0.39 is 16.7 Å². The van der Waals surface area contributed by atoms with Crippen LogP contribution in [0.25, 0.3) is 0 Å². The van der Waals surface area contributed by atoms with Crippen LogP contribution >= 0.6 is 0 Å². The van der Waals surface area contributed by atoms with Gasteiger partial charge in [0.1, 0.15) is 5.75 Å². The second-order valence-corrected chi connectivity index (χ2v) is 5.24. The number of hydrogen-bond acceptors (Lipinski definition) is 6. The van der Waals surface area contributed by atoms with Gasteiger partial charge in [-0.25, -0.2) is 0 Å². The molecule has 0 aliphatic heterocycles. The van der Waals surface area contributed by atoms with Crippen LogP contribution in [0.5, 0.6) is 11.5 Å². The van der Waals surface area contributed by atoms with Crippen LogP contribution in [0.2, 0.25) is 0 Å². The molecule has 0 aliphatic carbocycles. The summed E-state index contributed by atoms with van der Waals surface area (Å²) >= 11 is 0. The van der Waals surface area contributed by atoms with Crippen molar-refractivity contribution in [1.82, 2.24) is 10.9 Å². The topological polar surface area (TPSA) is 120 Å². The highest BCUT2D eigenvalue weighted by molar-refractivity contribution is 5.99. The van der Waals surface area contributed by atoms with Gasteiger partial charge in [0.05, 0.1) is 18.1 Å². The maximum absolute atomic E-state index is 12.2. The molecule has 2 aromatic carbocycles. The Bertz CT molecular complexity index is 835. The normalized spacial score (nSPS) is 10.0. The fourth-order valence-electron chi connectivity index (χ4n) is 2.21. The average Bonchev–Trinajstić information content (AvgIpc) is 2.67. The first kappa shape index (κ1) is 19.7. The number of rotatable bonds is 7. The number of ether oxygens (including phenoxy) is 2. The molecule has 2 rings (SSSR count). The largest absolute Gasteiger partial charge is 0.494 e. The van der Waals surface area contributed by atoms with Crippen LogP contribution in [0, 0.1) is 10.1 Å². The van der Waals surface area contributed by atoms with Crippen LogP contribution in [0.4, 0.5) is 5.69 Å². The van der Waals surface area contributed by atoms with E-state index in [0.29, 0.717) is 17.9 Å². The second-order valence-electron chi connectivity index (χ2n) is 5.24. The highest BCUT2D eigenvalue weighted by Crippen LogP contribution is 2.27. The Hall–Kier alpha value is -3.62. The quantitative estimate of drug-likeness (QED) is 0.568. The number of hydrogen-bond donors (Lipinski definition) is 2. The monoisotopic (exact) mass is 373 g/mol. The Labute approximate surface area is 155 Å². The third-order valence-electron chi connectivity index (χ3n) is 3.43. The summed E-state index contributed by atoms with van der Waals surface area (Å²) in [7, 11) is 0. The molecule has 9 nitrogen and oxygen atoms in total. The second kappa shape index (κ2) is 9.18. The van der Waals surface area contributed by atoms with Gasteiger partial charge in [-0.15, -0.1) is 0 Å². The van der Waals surface area contributed by atoms with Crippen LogP contribution in [-0.4, -0.2) is 30.0 Å². The highest BCUT2D eigenvalue weighted by atomic mass is 16.6. The van der Waals surface area contributed by atoms with Crippen molar-refractivity contribution in [2.75, 3.05) is 13.2 Å². The summed E-state index contributed by atoms with van der Waals surface area (Å²) in [5.41, 5.74) is 4.47. The van der Waals surface area contributed by atoms with E-state index in [-0.39, 0.29) is 23.6 Å². The molecule has 142 valence electrons. The molecule has 0 heterocycles. The predicted octanol–water partition coefficient (Wildman–Crippen LogP) is 2.47. The number of benzene rings is 2. The summed E-state index contributed by atoms with van der Waals surface area (Å²) in [5.74, 6) is -0.537. The minimum Gasteiger partial charge on any atom is -0.494 e. The summed E-state index contributed by atoms with van der Waals surface area (Å²) < 4.78 is 10.5. The first-order valence-electron chi connectivity index (χ1n) is 8.21. The molecule has 2 N–H and O–H groups in total. The van der Waals surface area contributed by atoms with Crippen molar-refractivity contribution in [2.24, 2.45) is 0 Å². The van der Waals surface area contributed by atoms with Crippen LogP contribution in [0.15, 0.2) is 42.5 Å². The Balaban J connectivity index is 2.03. The Morgan fingerprint density at radius 1 is 0.926 bits per heavy atom. The molecular formula is C18H19N3O6. The van der Waals surface area contributed by atoms with E-state index in [1.807, 2.05) is 6.92 Å². The molecule has 9 heteroatoms. The summed E-state index contributed by atoms with van der Waals surface area (Å²) in [6.45, 7) is 4.31. The molecule has 0 aromatic heterocycles. The number of nitro groups is 1. The van der Waals surface area contributed by atoms with Gasteiger partial charge in [0.25, 0.3) is 11.8 Å². The third kappa shape index (κ3) is 5.18. The van der Waals surface area contributed by atoms with Crippen LogP contribution < -0.4 is 20.3 Å². The maximum atomic E-state index is 12.2. The summed E-state index contributed by atoms with van der Waals surface area (Å²) in [6.07, 6.45) is 0. The van der Waals surface area contributed by atoms with Gasteiger partial charge in [-0.1, -0.05) is 0 Å². The lowest BCUT2D eigenvalue weighted by molar-refractivity contribution is -0.385. The summed E-state index contributed by atoms with van der Waals surface area (Å²) in [5, 5.41) is 11.1. The number of carbonyl (C=O) groups is 2. The fraction of sp³-hybridized carbons (Fsp3) is 0.222. The van der Waals surface area contributed by atoms with Gasteiger partial charge in [0.15, 0.2) is 5.75 Å². The first-order valence-corrected chi connectivity index (χ1v) is 8.21. The van der Waals surface area contributed by atoms with E-state index in [0.717, 1.165) is 6.07 Å². The number of nitrogens with one attached hydrogen (secondary N) is 2. The minimum atomic E-state index is -0.694. The molecule has 0 unspecified atom stereocenters. The van der Waals surface area contributed by atoms with E-state index in [1.165, 1.54) is 12.1 Å².